The van der Waals surface area contributed by atoms with Crippen molar-refractivity contribution in [3.8, 4) is 0 Å². The standard InChI is InChI=1S/C15H9F2.C9H13.C2H6Si.Zr/c16-13-6-3-7-14(17)15(13)12-9-8-10-4-1-2-5-11(10)12;1-6-5-7(2)9(4)8(6)3;1-3-2;/h1-9H;5H,1-4H3;1-2H3;. The van der Waals surface area contributed by atoms with Crippen molar-refractivity contribution in [3.63, 3.8) is 0 Å². The summed E-state index contributed by atoms with van der Waals surface area (Å²) < 4.78 is 30.4. The van der Waals surface area contributed by atoms with Crippen LogP contribution in [-0.2, 0) is 20.4 Å². The van der Waals surface area contributed by atoms with Crippen molar-refractivity contribution in [3.05, 3.63) is 99.2 Å². The Morgan fingerprint density at radius 3 is 1.93 bits per heavy atom. The van der Waals surface area contributed by atoms with Gasteiger partial charge >= 0.3 is 187 Å². The number of hydrogen-bond acceptors (Lipinski definition) is 0. The Morgan fingerprint density at radius 1 is 0.800 bits per heavy atom. The molecule has 0 aromatic heterocycles. The normalized spacial score (nSPS) is 18.8. The van der Waals surface area contributed by atoms with E-state index in [1.54, 1.807) is 11.1 Å². The van der Waals surface area contributed by atoms with Gasteiger partial charge in [0.2, 0.25) is 0 Å². The third kappa shape index (κ3) is 3.41. The molecule has 0 aliphatic heterocycles. The van der Waals surface area contributed by atoms with Gasteiger partial charge in [0, 0.05) is 0 Å². The molecule has 2 aliphatic carbocycles. The summed E-state index contributed by atoms with van der Waals surface area (Å²) in [5.74, 6) is -0.944. The van der Waals surface area contributed by atoms with E-state index in [2.05, 4.69) is 59.0 Å². The maximum absolute atomic E-state index is 14.7. The number of fused-ring (bicyclic) bond motifs is 1. The number of hydrogen-bond donors (Lipinski definition) is 0. The van der Waals surface area contributed by atoms with Crippen molar-refractivity contribution in [2.24, 2.45) is 0 Å². The van der Waals surface area contributed by atoms with Crippen molar-refractivity contribution >= 4 is 11.0 Å². The van der Waals surface area contributed by atoms with E-state index in [9.17, 15) is 8.78 Å². The van der Waals surface area contributed by atoms with Crippen molar-refractivity contribution in [1.29, 1.82) is 0 Å². The van der Waals surface area contributed by atoms with Gasteiger partial charge in [-0.1, -0.05) is 0 Å². The molecule has 0 saturated heterocycles. The molecule has 4 heteroatoms. The van der Waals surface area contributed by atoms with Crippen molar-refractivity contribution in [2.45, 2.75) is 48.0 Å². The Bertz CT molecular complexity index is 1140. The SMILES string of the molecule is CC1=C(C)[CH]([Zr]([CH]2C=C(c3c(F)cccc3F)c3ccccc32)=[Si](C)C)C(C)=C1C. The van der Waals surface area contributed by atoms with E-state index in [0.29, 0.717) is 7.25 Å². The molecule has 0 radical (unpaired) electrons. The molecule has 0 heterocycles. The fourth-order valence-electron chi connectivity index (χ4n) is 5.19. The van der Waals surface area contributed by atoms with Crippen LogP contribution < -0.4 is 0 Å². The number of rotatable bonds is 3. The average Bonchev–Trinajstić information content (AvgIpc) is 3.16. The summed E-state index contributed by atoms with van der Waals surface area (Å²) in [6.07, 6.45) is 2.24. The van der Waals surface area contributed by atoms with Gasteiger partial charge in [0.25, 0.3) is 0 Å². The quantitative estimate of drug-likeness (QED) is 0.380. The monoisotopic (exact) mass is 496 g/mol. The van der Waals surface area contributed by atoms with Gasteiger partial charge in [0.05, 0.1) is 0 Å². The molecule has 4 rings (SSSR count). The fraction of sp³-hybridized carbons (Fsp3) is 0.308. The van der Waals surface area contributed by atoms with Gasteiger partial charge in [-0.15, -0.1) is 0 Å². The molecule has 0 bridgehead atoms. The van der Waals surface area contributed by atoms with Crippen LogP contribution in [0.25, 0.3) is 5.57 Å². The third-order valence-corrected chi connectivity index (χ3v) is 26.7. The first-order chi connectivity index (χ1) is 14.2. The number of allylic oxidation sites excluding steroid dienone is 5. The molecule has 0 spiro atoms. The van der Waals surface area contributed by atoms with E-state index in [4.69, 9.17) is 0 Å². The molecule has 154 valence electrons. The Morgan fingerprint density at radius 2 is 1.37 bits per heavy atom. The summed E-state index contributed by atoms with van der Waals surface area (Å²) in [4.78, 5) is 0. The predicted octanol–water partition coefficient (Wildman–Crippen LogP) is 7.80. The molecule has 1 atom stereocenters. The van der Waals surface area contributed by atoms with Crippen molar-refractivity contribution in [2.75, 3.05) is 0 Å². The first-order valence-corrected chi connectivity index (χ1v) is 19.5. The van der Waals surface area contributed by atoms with Gasteiger partial charge in [-0.25, -0.2) is 0 Å². The fourth-order valence-corrected chi connectivity index (χ4v) is 25.7. The van der Waals surface area contributed by atoms with Gasteiger partial charge in [-0.3, -0.25) is 0 Å². The van der Waals surface area contributed by atoms with E-state index in [0.717, 1.165) is 11.1 Å². The van der Waals surface area contributed by atoms with Gasteiger partial charge in [-0.05, 0) is 0 Å². The Kier molecular flexibility index (Phi) is 6.03. The van der Waals surface area contributed by atoms with E-state index < -0.39 is 37.4 Å². The molecule has 2 aromatic carbocycles. The first kappa shape index (κ1) is 21.8. The predicted molar refractivity (Wildman–Crippen MR) is 121 cm³/mol. The average molecular weight is 498 g/mol. The molecular formula is C26H28F2SiZr. The summed E-state index contributed by atoms with van der Waals surface area (Å²) in [5, 5.41) is 0. The maximum atomic E-state index is 14.7. The third-order valence-electron chi connectivity index (χ3n) is 6.99. The van der Waals surface area contributed by atoms with Crippen LogP contribution in [0.4, 0.5) is 8.78 Å². The molecule has 0 amide bonds. The van der Waals surface area contributed by atoms with Crippen LogP contribution in [-0.4, -0.2) is 5.43 Å². The Hall–Kier alpha value is -1.38. The van der Waals surface area contributed by atoms with Gasteiger partial charge < -0.3 is 0 Å². The van der Waals surface area contributed by atoms with Crippen LogP contribution >= 0.6 is 0 Å². The van der Waals surface area contributed by atoms with E-state index in [1.807, 2.05) is 12.1 Å². The van der Waals surface area contributed by atoms with Crippen LogP contribution in [0.15, 0.2) is 70.8 Å². The summed E-state index contributed by atoms with van der Waals surface area (Å²) in [7, 11) is 0. The number of halogens is 2. The molecule has 2 aromatic rings. The van der Waals surface area contributed by atoms with E-state index in [1.165, 1.54) is 34.9 Å². The molecule has 0 saturated carbocycles. The summed E-state index contributed by atoms with van der Waals surface area (Å²) >= 11 is -2.12. The molecule has 30 heavy (non-hydrogen) atoms. The van der Waals surface area contributed by atoms with Gasteiger partial charge in [0.15, 0.2) is 0 Å². The van der Waals surface area contributed by atoms with Crippen LogP contribution in [0, 0.1) is 11.6 Å². The van der Waals surface area contributed by atoms with Crippen molar-refractivity contribution in [1.82, 2.24) is 0 Å². The van der Waals surface area contributed by atoms with Crippen LogP contribution in [0.3, 0.4) is 0 Å². The zero-order valence-electron chi connectivity index (χ0n) is 18.5. The second kappa shape index (κ2) is 8.28. The summed E-state index contributed by atoms with van der Waals surface area (Å²) in [5.41, 5.74) is 8.67. The molecule has 2 aliphatic rings. The van der Waals surface area contributed by atoms with Crippen LogP contribution in [0.1, 0.15) is 48.0 Å². The zero-order chi connectivity index (χ0) is 21.7. The molecule has 0 N–H and O–H groups in total. The molecule has 0 nitrogen and oxygen atoms in total. The summed E-state index contributed by atoms with van der Waals surface area (Å²) in [6, 6.07) is 12.5. The Balaban J connectivity index is 1.95. The van der Waals surface area contributed by atoms with Gasteiger partial charge in [0.1, 0.15) is 0 Å². The van der Waals surface area contributed by atoms with Crippen LogP contribution in [0.2, 0.25) is 16.7 Å². The van der Waals surface area contributed by atoms with Crippen LogP contribution in [0.5, 0.6) is 0 Å². The molecule has 0 fully saturated rings. The van der Waals surface area contributed by atoms with E-state index in [-0.39, 0.29) is 5.56 Å². The number of benzene rings is 2. The zero-order valence-corrected chi connectivity index (χ0v) is 22.0. The van der Waals surface area contributed by atoms with Crippen molar-refractivity contribution < 1.29 is 29.1 Å². The molecular weight excluding hydrogens is 470 g/mol. The Labute approximate surface area is 186 Å². The topological polar surface area (TPSA) is 0 Å². The second-order valence-corrected chi connectivity index (χ2v) is 26.7. The minimum absolute atomic E-state index is 0.134. The first-order valence-electron chi connectivity index (χ1n) is 10.5. The van der Waals surface area contributed by atoms with E-state index >= 15 is 0 Å². The molecule has 1 unspecified atom stereocenters. The van der Waals surface area contributed by atoms with Gasteiger partial charge in [-0.2, -0.15) is 0 Å². The second-order valence-electron chi connectivity index (χ2n) is 8.75. The summed E-state index contributed by atoms with van der Waals surface area (Å²) in [6.45, 7) is 14.1. The minimum atomic E-state index is -2.12.